The number of nitrogens with one attached hydrogen (secondary N) is 1. The lowest BCUT2D eigenvalue weighted by atomic mass is 9.97. The summed E-state index contributed by atoms with van der Waals surface area (Å²) >= 11 is 0. The maximum atomic E-state index is 6.18. The fourth-order valence-corrected chi connectivity index (χ4v) is 3.58. The lowest BCUT2D eigenvalue weighted by Crippen LogP contribution is -2.35. The molecule has 1 aliphatic heterocycles. The molecule has 0 saturated heterocycles. The maximum absolute atomic E-state index is 6.18. The van der Waals surface area contributed by atoms with Gasteiger partial charge in [-0.25, -0.2) is 0 Å². The minimum Gasteiger partial charge on any atom is -0.487 e. The molecule has 1 unspecified atom stereocenters. The summed E-state index contributed by atoms with van der Waals surface area (Å²) < 4.78 is 6.18. The molecule has 3 heteroatoms. The zero-order chi connectivity index (χ0) is 14.2. The summed E-state index contributed by atoms with van der Waals surface area (Å²) in [4.78, 5) is 0. The average molecular weight is 274 g/mol. The molecule has 20 heavy (non-hydrogen) atoms. The van der Waals surface area contributed by atoms with E-state index >= 15 is 0 Å². The number of ether oxygens (including phenoxy) is 1. The fourth-order valence-electron chi connectivity index (χ4n) is 3.58. The van der Waals surface area contributed by atoms with Crippen LogP contribution in [0.15, 0.2) is 18.2 Å². The molecular formula is C17H26N2O. The Hall–Kier alpha value is -1.06. The molecule has 0 spiro atoms. The third kappa shape index (κ3) is 2.70. The average Bonchev–Trinajstić information content (AvgIpc) is 3.00. The minimum atomic E-state index is -0.0923. The van der Waals surface area contributed by atoms with Gasteiger partial charge in [0.25, 0.3) is 0 Å². The summed E-state index contributed by atoms with van der Waals surface area (Å²) in [5, 5.41) is 3.73. The number of rotatable bonds is 4. The lowest BCUT2D eigenvalue weighted by Gasteiger charge is -2.25. The first-order valence-corrected chi connectivity index (χ1v) is 7.86. The number of fused-ring (bicyclic) bond motifs is 1. The molecule has 1 heterocycles. The first-order valence-electron chi connectivity index (χ1n) is 7.86. The van der Waals surface area contributed by atoms with Gasteiger partial charge >= 0.3 is 0 Å². The van der Waals surface area contributed by atoms with Crippen molar-refractivity contribution in [2.24, 2.45) is 5.73 Å². The van der Waals surface area contributed by atoms with Gasteiger partial charge in [-0.3, -0.25) is 0 Å². The van der Waals surface area contributed by atoms with Gasteiger partial charge in [0.2, 0.25) is 0 Å². The van der Waals surface area contributed by atoms with Crippen molar-refractivity contribution in [2.45, 2.75) is 63.6 Å². The standard InChI is InChI=1S/C17H26N2O/c1-17(2)10-12-6-5-9-14(16(12)20-17)15(11-18)19-13-7-3-4-8-13/h5-6,9,13,15,19H,3-4,7-8,10-11,18H2,1-2H3. The number of hydrogen-bond donors (Lipinski definition) is 2. The van der Waals surface area contributed by atoms with Gasteiger partial charge in [-0.1, -0.05) is 31.0 Å². The molecule has 2 aliphatic rings. The molecule has 1 aromatic rings. The second-order valence-corrected chi connectivity index (χ2v) is 6.81. The normalized spacial score (nSPS) is 22.6. The van der Waals surface area contributed by atoms with Gasteiger partial charge < -0.3 is 15.8 Å². The van der Waals surface area contributed by atoms with Crippen LogP contribution in [0.3, 0.4) is 0 Å². The van der Waals surface area contributed by atoms with Gasteiger partial charge in [0.15, 0.2) is 0 Å². The van der Waals surface area contributed by atoms with Crippen LogP contribution in [-0.4, -0.2) is 18.2 Å². The highest BCUT2D eigenvalue weighted by Gasteiger charge is 2.33. The van der Waals surface area contributed by atoms with Crippen molar-refractivity contribution in [3.05, 3.63) is 29.3 Å². The fraction of sp³-hybridized carbons (Fsp3) is 0.647. The van der Waals surface area contributed by atoms with Crippen LogP contribution in [0.1, 0.15) is 56.7 Å². The van der Waals surface area contributed by atoms with Crippen LogP contribution in [0.5, 0.6) is 5.75 Å². The van der Waals surface area contributed by atoms with Gasteiger partial charge in [-0.2, -0.15) is 0 Å². The first-order chi connectivity index (χ1) is 9.59. The Balaban J connectivity index is 1.84. The Morgan fingerprint density at radius 3 is 2.80 bits per heavy atom. The van der Waals surface area contributed by atoms with Crippen LogP contribution >= 0.6 is 0 Å². The molecule has 0 bridgehead atoms. The van der Waals surface area contributed by atoms with Crippen molar-refractivity contribution in [3.63, 3.8) is 0 Å². The highest BCUT2D eigenvalue weighted by molar-refractivity contribution is 5.47. The third-order valence-corrected chi connectivity index (χ3v) is 4.52. The Morgan fingerprint density at radius 1 is 1.35 bits per heavy atom. The molecule has 1 fully saturated rings. The SMILES string of the molecule is CC1(C)Cc2cccc(C(CN)NC3CCCC3)c2O1. The largest absolute Gasteiger partial charge is 0.487 e. The molecule has 1 aliphatic carbocycles. The van der Waals surface area contributed by atoms with E-state index in [4.69, 9.17) is 10.5 Å². The molecule has 3 rings (SSSR count). The summed E-state index contributed by atoms with van der Waals surface area (Å²) in [7, 11) is 0. The number of para-hydroxylation sites is 1. The topological polar surface area (TPSA) is 47.3 Å². The molecule has 0 amide bonds. The number of benzene rings is 1. The maximum Gasteiger partial charge on any atom is 0.128 e. The van der Waals surface area contributed by atoms with E-state index in [0.717, 1.165) is 12.2 Å². The Kier molecular flexibility index (Phi) is 3.74. The zero-order valence-corrected chi connectivity index (χ0v) is 12.6. The van der Waals surface area contributed by atoms with Crippen molar-refractivity contribution in [2.75, 3.05) is 6.54 Å². The van der Waals surface area contributed by atoms with E-state index in [0.29, 0.717) is 12.6 Å². The van der Waals surface area contributed by atoms with E-state index < -0.39 is 0 Å². The van der Waals surface area contributed by atoms with E-state index in [-0.39, 0.29) is 11.6 Å². The summed E-state index contributed by atoms with van der Waals surface area (Å²) in [6, 6.07) is 7.31. The van der Waals surface area contributed by atoms with E-state index in [1.54, 1.807) is 0 Å². The second-order valence-electron chi connectivity index (χ2n) is 6.81. The molecule has 0 aromatic heterocycles. The van der Waals surface area contributed by atoms with Crippen LogP contribution in [0.25, 0.3) is 0 Å². The molecule has 0 radical (unpaired) electrons. The van der Waals surface area contributed by atoms with Gasteiger partial charge in [0.1, 0.15) is 11.4 Å². The summed E-state index contributed by atoms with van der Waals surface area (Å²) in [5.74, 6) is 1.07. The molecule has 1 aromatic carbocycles. The van der Waals surface area contributed by atoms with E-state index in [9.17, 15) is 0 Å². The summed E-state index contributed by atoms with van der Waals surface area (Å²) in [5.41, 5.74) is 8.49. The second kappa shape index (κ2) is 5.38. The molecular weight excluding hydrogens is 248 g/mol. The molecule has 1 saturated carbocycles. The molecule has 3 N–H and O–H groups in total. The van der Waals surface area contributed by atoms with E-state index in [1.807, 2.05) is 0 Å². The Bertz CT molecular complexity index is 478. The summed E-state index contributed by atoms with van der Waals surface area (Å²) in [6.45, 7) is 4.92. The van der Waals surface area contributed by atoms with Crippen LogP contribution in [0.4, 0.5) is 0 Å². The first kappa shape index (κ1) is 13.9. The number of nitrogens with two attached hydrogens (primary N) is 1. The van der Waals surface area contributed by atoms with E-state index in [2.05, 4.69) is 37.4 Å². The molecule has 1 atom stereocenters. The third-order valence-electron chi connectivity index (χ3n) is 4.52. The van der Waals surface area contributed by atoms with Gasteiger partial charge in [0.05, 0.1) is 0 Å². The van der Waals surface area contributed by atoms with Crippen LogP contribution in [-0.2, 0) is 6.42 Å². The van der Waals surface area contributed by atoms with E-state index in [1.165, 1.54) is 36.8 Å². The predicted octanol–water partition coefficient (Wildman–Crippen LogP) is 2.93. The highest BCUT2D eigenvalue weighted by atomic mass is 16.5. The zero-order valence-electron chi connectivity index (χ0n) is 12.6. The number of hydrogen-bond acceptors (Lipinski definition) is 3. The minimum absolute atomic E-state index is 0.0923. The van der Waals surface area contributed by atoms with Crippen molar-refractivity contribution < 1.29 is 4.74 Å². The molecule has 3 nitrogen and oxygen atoms in total. The lowest BCUT2D eigenvalue weighted by molar-refractivity contribution is 0.136. The highest BCUT2D eigenvalue weighted by Crippen LogP contribution is 2.40. The van der Waals surface area contributed by atoms with Crippen molar-refractivity contribution in [3.8, 4) is 5.75 Å². The van der Waals surface area contributed by atoms with Gasteiger partial charge in [-0.15, -0.1) is 0 Å². The van der Waals surface area contributed by atoms with Crippen LogP contribution in [0, 0.1) is 0 Å². The Labute approximate surface area is 121 Å². The quantitative estimate of drug-likeness (QED) is 0.887. The molecule has 110 valence electrons. The van der Waals surface area contributed by atoms with Gasteiger partial charge in [-0.05, 0) is 32.3 Å². The van der Waals surface area contributed by atoms with Crippen molar-refractivity contribution in [1.82, 2.24) is 5.32 Å². The van der Waals surface area contributed by atoms with Crippen molar-refractivity contribution >= 4 is 0 Å². The van der Waals surface area contributed by atoms with Gasteiger partial charge in [0, 0.05) is 30.6 Å². The van der Waals surface area contributed by atoms with Crippen LogP contribution < -0.4 is 15.8 Å². The van der Waals surface area contributed by atoms with Crippen LogP contribution in [0.2, 0.25) is 0 Å². The monoisotopic (exact) mass is 274 g/mol. The Morgan fingerprint density at radius 2 is 2.10 bits per heavy atom. The van der Waals surface area contributed by atoms with Crippen molar-refractivity contribution in [1.29, 1.82) is 0 Å². The smallest absolute Gasteiger partial charge is 0.128 e. The predicted molar refractivity (Wildman–Crippen MR) is 82.0 cm³/mol. The summed E-state index contributed by atoms with van der Waals surface area (Å²) in [6.07, 6.45) is 6.21.